The van der Waals surface area contributed by atoms with Crippen LogP contribution in [0.5, 0.6) is 0 Å². The van der Waals surface area contributed by atoms with E-state index in [0.717, 1.165) is 17.2 Å². The van der Waals surface area contributed by atoms with E-state index in [1.165, 1.54) is 21.6 Å². The van der Waals surface area contributed by atoms with Gasteiger partial charge in [-0.15, -0.1) is 0 Å². The summed E-state index contributed by atoms with van der Waals surface area (Å²) in [7, 11) is 1.59. The Hall–Kier alpha value is -4.06. The summed E-state index contributed by atoms with van der Waals surface area (Å²) in [6, 6.07) is 7.63. The van der Waals surface area contributed by atoms with Crippen molar-refractivity contribution in [2.24, 2.45) is 7.05 Å². The second kappa shape index (κ2) is 8.80. The highest BCUT2D eigenvalue weighted by molar-refractivity contribution is 6.17. The average molecular weight is 516 g/mol. The number of aromatic amines is 1. The summed E-state index contributed by atoms with van der Waals surface area (Å²) >= 11 is 0. The molecule has 1 unspecified atom stereocenters. The number of hydrogen-bond donors (Lipinski definition) is 2. The number of benzene rings is 2. The van der Waals surface area contributed by atoms with Gasteiger partial charge in [0.15, 0.2) is 0 Å². The predicted octanol–water partition coefficient (Wildman–Crippen LogP) is 2.94. The molecule has 2 heterocycles. The van der Waals surface area contributed by atoms with Crippen LogP contribution in [-0.4, -0.2) is 44.4 Å². The van der Waals surface area contributed by atoms with Crippen molar-refractivity contribution in [3.05, 3.63) is 75.3 Å². The average Bonchev–Trinajstić information content (AvgIpc) is 3.39. The van der Waals surface area contributed by atoms with Crippen LogP contribution < -0.4 is 10.6 Å². The van der Waals surface area contributed by atoms with Crippen molar-refractivity contribution < 1.29 is 32.6 Å². The molecule has 0 saturated heterocycles. The molecule has 12 heteroatoms. The number of amides is 1. The van der Waals surface area contributed by atoms with Crippen LogP contribution in [0.4, 0.5) is 18.9 Å². The lowest BCUT2D eigenvalue weighted by Gasteiger charge is -2.42. The first-order valence-corrected chi connectivity index (χ1v) is 11.6. The first-order valence-electron chi connectivity index (χ1n) is 11.6. The molecule has 0 saturated carbocycles. The fraction of sp³-hybridized carbons (Fsp3) is 0.320. The van der Waals surface area contributed by atoms with Crippen LogP contribution in [0, 0.1) is 0 Å². The Bertz CT molecular complexity index is 1510. The van der Waals surface area contributed by atoms with Gasteiger partial charge >= 0.3 is 17.8 Å². The van der Waals surface area contributed by atoms with Gasteiger partial charge in [0.05, 0.1) is 29.2 Å². The Morgan fingerprint density at radius 2 is 1.97 bits per heavy atom. The third-order valence-corrected chi connectivity index (χ3v) is 6.79. The SMILES string of the molecule is CCOC(=O)C1=CN(c2ccc3c(c2)[nH]c(=O)n3C)C(O)N([C@@H]2CCc3c2cccc3C(F)(F)F)C1=O. The first-order chi connectivity index (χ1) is 17.5. The summed E-state index contributed by atoms with van der Waals surface area (Å²) in [5.74, 6) is -1.78. The van der Waals surface area contributed by atoms with Crippen molar-refractivity contribution in [1.82, 2.24) is 14.5 Å². The van der Waals surface area contributed by atoms with Gasteiger partial charge in [0, 0.05) is 18.9 Å². The molecule has 2 atom stereocenters. The standard InChI is InChI=1S/C25H23F3N4O5/c1-3-37-22(34)16-12-31(13-7-9-20-18(11-13)29-23(35)30(20)2)24(36)32(21(16)33)19-10-8-14-15(19)5-4-6-17(14)25(26,27)28/h4-7,9,11-12,19,24,36H,3,8,10H2,1-2H3,(H,29,35)/t19-,24?/m1/s1. The second-order valence-electron chi connectivity index (χ2n) is 8.85. The third-order valence-electron chi connectivity index (χ3n) is 6.79. The van der Waals surface area contributed by atoms with E-state index in [9.17, 15) is 32.7 Å². The second-order valence-corrected chi connectivity index (χ2v) is 8.85. The van der Waals surface area contributed by atoms with Crippen molar-refractivity contribution in [2.75, 3.05) is 11.5 Å². The van der Waals surface area contributed by atoms with Gasteiger partial charge in [-0.05, 0) is 55.2 Å². The number of imidazole rings is 1. The molecule has 2 N–H and O–H groups in total. The summed E-state index contributed by atoms with van der Waals surface area (Å²) in [5.41, 5.74) is 0.173. The zero-order chi connectivity index (χ0) is 26.6. The lowest BCUT2D eigenvalue weighted by molar-refractivity contribution is -0.149. The predicted molar refractivity (Wildman–Crippen MR) is 126 cm³/mol. The highest BCUT2D eigenvalue weighted by Crippen LogP contribution is 2.44. The minimum Gasteiger partial charge on any atom is -0.462 e. The molecule has 1 aliphatic heterocycles. The molecule has 2 aliphatic rings. The van der Waals surface area contributed by atoms with Gasteiger partial charge in [0.25, 0.3) is 5.91 Å². The minimum atomic E-state index is -4.57. The van der Waals surface area contributed by atoms with Crippen LogP contribution in [0.25, 0.3) is 11.0 Å². The van der Waals surface area contributed by atoms with E-state index < -0.39 is 36.0 Å². The fourth-order valence-corrected chi connectivity index (χ4v) is 5.07. The van der Waals surface area contributed by atoms with E-state index in [2.05, 4.69) is 4.98 Å². The number of halogens is 3. The zero-order valence-corrected chi connectivity index (χ0v) is 19.9. The molecule has 37 heavy (non-hydrogen) atoms. The molecule has 5 rings (SSSR count). The van der Waals surface area contributed by atoms with Crippen LogP contribution in [0.15, 0.2) is 53.0 Å². The Labute approximate surface area is 208 Å². The van der Waals surface area contributed by atoms with Gasteiger partial charge in [-0.3, -0.25) is 14.3 Å². The molecule has 2 aromatic carbocycles. The van der Waals surface area contributed by atoms with Crippen LogP contribution in [0.1, 0.15) is 36.1 Å². The van der Waals surface area contributed by atoms with Crippen LogP contribution >= 0.6 is 0 Å². The van der Waals surface area contributed by atoms with Crippen LogP contribution in [0.2, 0.25) is 0 Å². The molecular weight excluding hydrogens is 493 g/mol. The number of alkyl halides is 3. The number of carbonyl (C=O) groups is 2. The monoisotopic (exact) mass is 516 g/mol. The lowest BCUT2D eigenvalue weighted by Crippen LogP contribution is -2.55. The number of carbonyl (C=O) groups excluding carboxylic acids is 2. The molecule has 194 valence electrons. The summed E-state index contributed by atoms with van der Waals surface area (Å²) in [4.78, 5) is 43.1. The number of rotatable bonds is 4. The van der Waals surface area contributed by atoms with E-state index in [0.29, 0.717) is 16.7 Å². The topological polar surface area (TPSA) is 108 Å². The van der Waals surface area contributed by atoms with Crippen molar-refractivity contribution in [1.29, 1.82) is 0 Å². The number of anilines is 1. The number of fused-ring (bicyclic) bond motifs is 2. The Balaban J connectivity index is 1.62. The Morgan fingerprint density at radius 1 is 1.22 bits per heavy atom. The number of aryl methyl sites for hydroxylation is 1. The summed E-state index contributed by atoms with van der Waals surface area (Å²) < 4.78 is 47.3. The van der Waals surface area contributed by atoms with E-state index in [1.54, 1.807) is 32.2 Å². The number of ether oxygens (including phenoxy) is 1. The lowest BCUT2D eigenvalue weighted by atomic mass is 10.0. The van der Waals surface area contributed by atoms with Gasteiger partial charge in [-0.25, -0.2) is 9.59 Å². The van der Waals surface area contributed by atoms with E-state index in [-0.39, 0.29) is 41.8 Å². The Kier molecular flexibility index (Phi) is 5.86. The number of nitrogens with one attached hydrogen (secondary N) is 1. The third kappa shape index (κ3) is 3.97. The summed E-state index contributed by atoms with van der Waals surface area (Å²) in [5, 5.41) is 11.4. The van der Waals surface area contributed by atoms with Crippen LogP contribution in [-0.2, 0) is 34.0 Å². The van der Waals surface area contributed by atoms with Crippen molar-refractivity contribution in [2.45, 2.75) is 38.3 Å². The maximum absolute atomic E-state index is 13.6. The fourth-order valence-electron chi connectivity index (χ4n) is 5.07. The van der Waals surface area contributed by atoms with Crippen molar-refractivity contribution in [3.8, 4) is 0 Å². The molecule has 1 aromatic heterocycles. The van der Waals surface area contributed by atoms with Crippen molar-refractivity contribution >= 4 is 28.6 Å². The van der Waals surface area contributed by atoms with Gasteiger partial charge in [0.2, 0.25) is 6.35 Å². The number of aromatic nitrogens is 2. The molecule has 0 bridgehead atoms. The number of aliphatic hydroxyl groups is 1. The first kappa shape index (κ1) is 24.6. The number of esters is 1. The number of aliphatic hydroxyl groups excluding tert-OH is 1. The highest BCUT2D eigenvalue weighted by atomic mass is 19.4. The molecule has 9 nitrogen and oxygen atoms in total. The number of hydrogen-bond acceptors (Lipinski definition) is 6. The molecule has 1 aliphatic carbocycles. The molecule has 0 fully saturated rings. The van der Waals surface area contributed by atoms with E-state index in [1.807, 2.05) is 0 Å². The van der Waals surface area contributed by atoms with Gasteiger partial charge in [-0.2, -0.15) is 13.2 Å². The quantitative estimate of drug-likeness (QED) is 0.408. The minimum absolute atomic E-state index is 0.00950. The molecule has 0 spiro atoms. The zero-order valence-electron chi connectivity index (χ0n) is 19.9. The number of nitrogens with zero attached hydrogens (tertiary/aromatic N) is 3. The Morgan fingerprint density at radius 3 is 2.68 bits per heavy atom. The van der Waals surface area contributed by atoms with Crippen molar-refractivity contribution in [3.63, 3.8) is 0 Å². The summed E-state index contributed by atoms with van der Waals surface area (Å²) in [6.45, 7) is 1.56. The van der Waals surface area contributed by atoms with Crippen LogP contribution in [0.3, 0.4) is 0 Å². The molecule has 1 amide bonds. The van der Waals surface area contributed by atoms with Gasteiger partial charge in [0.1, 0.15) is 5.57 Å². The van der Waals surface area contributed by atoms with Gasteiger partial charge < -0.3 is 19.7 Å². The van der Waals surface area contributed by atoms with Gasteiger partial charge in [-0.1, -0.05) is 12.1 Å². The van der Waals surface area contributed by atoms with E-state index in [4.69, 9.17) is 4.74 Å². The maximum Gasteiger partial charge on any atom is 0.416 e. The highest BCUT2D eigenvalue weighted by Gasteiger charge is 2.45. The normalized spacial score (nSPS) is 19.8. The molecule has 3 aromatic rings. The smallest absolute Gasteiger partial charge is 0.416 e. The molecular formula is C25H23F3N4O5. The van der Waals surface area contributed by atoms with E-state index >= 15 is 0 Å². The maximum atomic E-state index is 13.6. The summed E-state index contributed by atoms with van der Waals surface area (Å²) in [6.07, 6.45) is -4.90. The molecule has 0 radical (unpaired) electrons. The largest absolute Gasteiger partial charge is 0.462 e. The number of H-pyrrole nitrogens is 1.